The highest BCUT2D eigenvalue weighted by Gasteiger charge is 2.21. The van der Waals surface area contributed by atoms with Crippen molar-refractivity contribution < 1.29 is 14.3 Å². The highest BCUT2D eigenvalue weighted by Crippen LogP contribution is 2.29. The number of carbonyl (C=O) groups is 2. The maximum absolute atomic E-state index is 11.9. The number of carbonyl (C=O) groups excluding carboxylic acids is 2. The minimum Gasteiger partial charge on any atom is -0.444 e. The Morgan fingerprint density at radius 2 is 2.00 bits per heavy atom. The quantitative estimate of drug-likeness (QED) is 0.875. The lowest BCUT2D eigenvalue weighted by Crippen LogP contribution is -2.13. The molecule has 3 rings (SSSR count). The Morgan fingerprint density at radius 1 is 1.23 bits per heavy atom. The zero-order valence-electron chi connectivity index (χ0n) is 12.0. The van der Waals surface area contributed by atoms with Gasteiger partial charge in [0.15, 0.2) is 10.9 Å². The first kappa shape index (κ1) is 14.7. The SMILES string of the molecule is O=C(Nc1nc2c(s1)C(=O)CCCC2)OCc1ccccc1. The second kappa shape index (κ2) is 6.70. The summed E-state index contributed by atoms with van der Waals surface area (Å²) in [5, 5.41) is 3.03. The molecule has 1 aromatic heterocycles. The number of ketones is 1. The Morgan fingerprint density at radius 3 is 2.82 bits per heavy atom. The van der Waals surface area contributed by atoms with E-state index in [1.807, 2.05) is 30.3 Å². The van der Waals surface area contributed by atoms with Crippen LogP contribution in [0.2, 0.25) is 0 Å². The van der Waals surface area contributed by atoms with Gasteiger partial charge in [0, 0.05) is 6.42 Å². The molecule has 0 saturated carbocycles. The molecule has 0 fully saturated rings. The zero-order valence-corrected chi connectivity index (χ0v) is 12.8. The standard InChI is InChI=1S/C16H16N2O3S/c19-13-9-5-4-8-12-14(13)22-15(17-12)18-16(20)21-10-11-6-2-1-3-7-11/h1-3,6-7H,4-5,8-10H2,(H,17,18,20). The van der Waals surface area contributed by atoms with E-state index in [0.29, 0.717) is 16.4 Å². The number of aromatic nitrogens is 1. The normalized spacial score (nSPS) is 14.1. The van der Waals surface area contributed by atoms with Crippen molar-refractivity contribution in [2.45, 2.75) is 32.3 Å². The summed E-state index contributed by atoms with van der Waals surface area (Å²) in [7, 11) is 0. The number of thiazole rings is 1. The van der Waals surface area contributed by atoms with Crippen molar-refractivity contribution in [3.63, 3.8) is 0 Å². The Kier molecular flexibility index (Phi) is 4.48. The van der Waals surface area contributed by atoms with Gasteiger partial charge in [-0.05, 0) is 24.8 Å². The van der Waals surface area contributed by atoms with Gasteiger partial charge >= 0.3 is 6.09 Å². The molecule has 114 valence electrons. The van der Waals surface area contributed by atoms with E-state index in [1.54, 1.807) is 0 Å². The zero-order chi connectivity index (χ0) is 15.4. The molecule has 6 heteroatoms. The van der Waals surface area contributed by atoms with Crippen molar-refractivity contribution in [1.82, 2.24) is 4.98 Å². The monoisotopic (exact) mass is 316 g/mol. The highest BCUT2D eigenvalue weighted by atomic mass is 32.1. The maximum atomic E-state index is 11.9. The summed E-state index contributed by atoms with van der Waals surface area (Å²) < 4.78 is 5.15. The Hall–Kier alpha value is -2.21. The molecule has 0 radical (unpaired) electrons. The van der Waals surface area contributed by atoms with Crippen molar-refractivity contribution >= 4 is 28.3 Å². The van der Waals surface area contributed by atoms with Gasteiger partial charge in [0.2, 0.25) is 0 Å². The van der Waals surface area contributed by atoms with E-state index < -0.39 is 6.09 Å². The first-order valence-corrected chi connectivity index (χ1v) is 8.04. The predicted octanol–water partition coefficient (Wildman–Crippen LogP) is 3.80. The number of benzene rings is 1. The van der Waals surface area contributed by atoms with Crippen LogP contribution in [-0.2, 0) is 17.8 Å². The molecule has 1 heterocycles. The van der Waals surface area contributed by atoms with Crippen LogP contribution in [-0.4, -0.2) is 16.9 Å². The molecular formula is C16H16N2O3S. The average Bonchev–Trinajstić information content (AvgIpc) is 2.85. The minimum atomic E-state index is -0.555. The second-order valence-corrected chi connectivity index (χ2v) is 6.11. The molecule has 1 aromatic carbocycles. The van der Waals surface area contributed by atoms with Gasteiger partial charge in [-0.3, -0.25) is 10.1 Å². The second-order valence-electron chi connectivity index (χ2n) is 5.11. The molecule has 0 atom stereocenters. The summed E-state index contributed by atoms with van der Waals surface area (Å²) in [6.45, 7) is 0.205. The number of aryl methyl sites for hydroxylation is 1. The van der Waals surface area contributed by atoms with E-state index in [-0.39, 0.29) is 12.4 Å². The molecule has 5 nitrogen and oxygen atoms in total. The van der Waals surface area contributed by atoms with Gasteiger partial charge < -0.3 is 4.74 Å². The Bertz CT molecular complexity index is 682. The summed E-state index contributed by atoms with van der Waals surface area (Å²) in [5.41, 5.74) is 1.72. The fraction of sp³-hybridized carbons (Fsp3) is 0.312. The van der Waals surface area contributed by atoms with Gasteiger partial charge in [-0.2, -0.15) is 0 Å². The molecule has 1 aliphatic carbocycles. The van der Waals surface area contributed by atoms with E-state index >= 15 is 0 Å². The van der Waals surface area contributed by atoms with E-state index in [4.69, 9.17) is 4.74 Å². The molecule has 0 spiro atoms. The Labute approximate surface area is 132 Å². The topological polar surface area (TPSA) is 68.3 Å². The van der Waals surface area contributed by atoms with Gasteiger partial charge in [0.05, 0.1) is 10.6 Å². The molecule has 0 saturated heterocycles. The first-order valence-electron chi connectivity index (χ1n) is 7.23. The van der Waals surface area contributed by atoms with Crippen LogP contribution in [0.5, 0.6) is 0 Å². The summed E-state index contributed by atoms with van der Waals surface area (Å²) in [4.78, 5) is 28.8. The first-order chi connectivity index (χ1) is 10.7. The number of rotatable bonds is 3. The summed E-state index contributed by atoms with van der Waals surface area (Å²) in [6.07, 6.45) is 2.66. The lowest BCUT2D eigenvalue weighted by Gasteiger charge is -2.04. The smallest absolute Gasteiger partial charge is 0.413 e. The third kappa shape index (κ3) is 3.51. The fourth-order valence-electron chi connectivity index (χ4n) is 2.33. The number of hydrogen-bond donors (Lipinski definition) is 1. The van der Waals surface area contributed by atoms with Crippen molar-refractivity contribution in [2.75, 3.05) is 5.32 Å². The lowest BCUT2D eigenvalue weighted by atomic mass is 10.2. The molecular weight excluding hydrogens is 300 g/mol. The van der Waals surface area contributed by atoms with Crippen molar-refractivity contribution in [1.29, 1.82) is 0 Å². The molecule has 2 aromatic rings. The molecule has 0 bridgehead atoms. The minimum absolute atomic E-state index is 0.121. The average molecular weight is 316 g/mol. The van der Waals surface area contributed by atoms with Crippen LogP contribution >= 0.6 is 11.3 Å². The molecule has 22 heavy (non-hydrogen) atoms. The summed E-state index contributed by atoms with van der Waals surface area (Å²) in [6, 6.07) is 9.46. The van der Waals surface area contributed by atoms with Crippen LogP contribution in [0.3, 0.4) is 0 Å². The number of ether oxygens (including phenoxy) is 1. The fourth-order valence-corrected chi connectivity index (χ4v) is 3.30. The van der Waals surface area contributed by atoms with Crippen molar-refractivity contribution in [3.05, 3.63) is 46.5 Å². The van der Waals surface area contributed by atoms with Crippen LogP contribution in [0, 0.1) is 0 Å². The van der Waals surface area contributed by atoms with Gasteiger partial charge in [0.25, 0.3) is 0 Å². The number of amides is 1. The van der Waals surface area contributed by atoms with Gasteiger partial charge in [-0.1, -0.05) is 41.7 Å². The van der Waals surface area contributed by atoms with E-state index in [2.05, 4.69) is 10.3 Å². The third-order valence-electron chi connectivity index (χ3n) is 3.44. The third-order valence-corrected chi connectivity index (χ3v) is 4.49. The lowest BCUT2D eigenvalue weighted by molar-refractivity contribution is 0.0985. The molecule has 1 N–H and O–H groups in total. The van der Waals surface area contributed by atoms with Crippen LogP contribution in [0.15, 0.2) is 30.3 Å². The Balaban J connectivity index is 1.60. The number of anilines is 1. The van der Waals surface area contributed by atoms with E-state index in [0.717, 1.165) is 30.5 Å². The largest absolute Gasteiger partial charge is 0.444 e. The number of hydrogen-bond acceptors (Lipinski definition) is 5. The number of Topliss-reactive ketones (excluding diaryl/α,β-unsaturated/α-hetero) is 1. The maximum Gasteiger partial charge on any atom is 0.413 e. The van der Waals surface area contributed by atoms with Crippen molar-refractivity contribution in [3.8, 4) is 0 Å². The van der Waals surface area contributed by atoms with Crippen molar-refractivity contribution in [2.24, 2.45) is 0 Å². The van der Waals surface area contributed by atoms with E-state index in [1.165, 1.54) is 11.3 Å². The van der Waals surface area contributed by atoms with Gasteiger partial charge in [0.1, 0.15) is 6.61 Å². The van der Waals surface area contributed by atoms with Crippen LogP contribution in [0.4, 0.5) is 9.93 Å². The molecule has 1 amide bonds. The van der Waals surface area contributed by atoms with E-state index in [9.17, 15) is 9.59 Å². The molecule has 1 aliphatic rings. The number of nitrogens with zero attached hydrogens (tertiary/aromatic N) is 1. The van der Waals surface area contributed by atoms with Crippen LogP contribution < -0.4 is 5.32 Å². The van der Waals surface area contributed by atoms with Crippen LogP contribution in [0.1, 0.15) is 40.2 Å². The molecule has 0 unspecified atom stereocenters. The molecule has 0 aliphatic heterocycles. The predicted molar refractivity (Wildman–Crippen MR) is 84.2 cm³/mol. The number of nitrogens with one attached hydrogen (secondary N) is 1. The summed E-state index contributed by atoms with van der Waals surface area (Å²) >= 11 is 1.23. The summed E-state index contributed by atoms with van der Waals surface area (Å²) in [5.74, 6) is 0.121. The van der Waals surface area contributed by atoms with Gasteiger partial charge in [-0.15, -0.1) is 0 Å². The van der Waals surface area contributed by atoms with Gasteiger partial charge in [-0.25, -0.2) is 9.78 Å². The number of fused-ring (bicyclic) bond motifs is 1. The highest BCUT2D eigenvalue weighted by molar-refractivity contribution is 7.17. The van der Waals surface area contributed by atoms with Crippen LogP contribution in [0.25, 0.3) is 0 Å².